The van der Waals surface area contributed by atoms with Crippen LogP contribution >= 0.6 is 0 Å². The fraction of sp³-hybridized carbons (Fsp3) is 0.226. The molecule has 0 aliphatic rings. The van der Waals surface area contributed by atoms with Crippen molar-refractivity contribution in [2.75, 3.05) is 6.54 Å². The Bertz CT molecular complexity index is 1460. The predicted molar refractivity (Wildman–Crippen MR) is 144 cm³/mol. The predicted octanol–water partition coefficient (Wildman–Crippen LogP) is 6.69. The molecule has 1 N–H and O–H groups in total. The lowest BCUT2D eigenvalue weighted by molar-refractivity contribution is 0.0953. The molecule has 35 heavy (non-hydrogen) atoms. The minimum atomic E-state index is 0.00517. The van der Waals surface area contributed by atoms with E-state index in [0.717, 1.165) is 54.7 Å². The molecule has 0 saturated carbocycles. The SMILES string of the molecule is Cc1cccc(C(=O)NCCCCCc2nc3ccccc3n2Cc2cccc3ccccc23)c1. The first-order valence-corrected chi connectivity index (χ1v) is 12.4. The quantitative estimate of drug-likeness (QED) is 0.249. The maximum absolute atomic E-state index is 12.3. The number of nitrogens with one attached hydrogen (secondary N) is 1. The number of fused-ring (bicyclic) bond motifs is 2. The summed E-state index contributed by atoms with van der Waals surface area (Å²) in [5, 5.41) is 5.61. The highest BCUT2D eigenvalue weighted by Gasteiger charge is 2.12. The van der Waals surface area contributed by atoms with Crippen molar-refractivity contribution >= 4 is 27.7 Å². The first kappa shape index (κ1) is 22.9. The van der Waals surface area contributed by atoms with Crippen molar-refractivity contribution < 1.29 is 4.79 Å². The van der Waals surface area contributed by atoms with Crippen LogP contribution in [-0.4, -0.2) is 22.0 Å². The molecule has 0 fully saturated rings. The molecule has 1 heterocycles. The van der Waals surface area contributed by atoms with Gasteiger partial charge >= 0.3 is 0 Å². The summed E-state index contributed by atoms with van der Waals surface area (Å²) in [5.41, 5.74) is 5.37. The molecule has 1 amide bonds. The van der Waals surface area contributed by atoms with Crippen molar-refractivity contribution in [1.29, 1.82) is 0 Å². The van der Waals surface area contributed by atoms with Crippen LogP contribution in [0.3, 0.4) is 0 Å². The van der Waals surface area contributed by atoms with Crippen LogP contribution in [0, 0.1) is 6.92 Å². The van der Waals surface area contributed by atoms with E-state index in [9.17, 15) is 4.79 Å². The summed E-state index contributed by atoms with van der Waals surface area (Å²) in [4.78, 5) is 17.3. The van der Waals surface area contributed by atoms with Gasteiger partial charge in [0.25, 0.3) is 5.91 Å². The summed E-state index contributed by atoms with van der Waals surface area (Å²) in [6, 6.07) is 31.2. The van der Waals surface area contributed by atoms with Gasteiger partial charge in [-0.25, -0.2) is 4.98 Å². The second kappa shape index (κ2) is 10.6. The van der Waals surface area contributed by atoms with Crippen LogP contribution in [0.15, 0.2) is 91.0 Å². The smallest absolute Gasteiger partial charge is 0.251 e. The minimum Gasteiger partial charge on any atom is -0.352 e. The van der Waals surface area contributed by atoms with Gasteiger partial charge in [-0.2, -0.15) is 0 Å². The molecule has 176 valence electrons. The van der Waals surface area contributed by atoms with Gasteiger partial charge in [0.1, 0.15) is 5.82 Å². The van der Waals surface area contributed by atoms with Gasteiger partial charge in [0.2, 0.25) is 0 Å². The van der Waals surface area contributed by atoms with E-state index in [1.54, 1.807) is 0 Å². The van der Waals surface area contributed by atoms with E-state index in [4.69, 9.17) is 4.98 Å². The molecular formula is C31H31N3O. The normalized spacial score (nSPS) is 11.2. The average molecular weight is 462 g/mol. The third-order valence-corrected chi connectivity index (χ3v) is 6.58. The lowest BCUT2D eigenvalue weighted by Crippen LogP contribution is -2.24. The average Bonchev–Trinajstić information content (AvgIpc) is 3.23. The van der Waals surface area contributed by atoms with E-state index in [1.165, 1.54) is 21.9 Å². The Balaban J connectivity index is 1.23. The highest BCUT2D eigenvalue weighted by molar-refractivity contribution is 5.94. The summed E-state index contributed by atoms with van der Waals surface area (Å²) >= 11 is 0. The monoisotopic (exact) mass is 461 g/mol. The van der Waals surface area contributed by atoms with E-state index < -0.39 is 0 Å². The first-order chi connectivity index (χ1) is 17.2. The standard InChI is InChI=1S/C31H31N3O/c1-23-11-9-14-25(21-23)31(35)32-20-8-2-3-19-30-33-28-17-6-7-18-29(28)34(30)22-26-15-10-13-24-12-4-5-16-27(24)26/h4-7,9-18,21H,2-3,8,19-20,22H2,1H3,(H,32,35). The van der Waals surface area contributed by atoms with Crippen LogP contribution < -0.4 is 5.32 Å². The molecule has 0 bridgehead atoms. The van der Waals surface area contributed by atoms with Gasteiger partial charge < -0.3 is 9.88 Å². The number of carbonyl (C=O) groups excluding carboxylic acids is 1. The number of aromatic nitrogens is 2. The number of hydrogen-bond acceptors (Lipinski definition) is 2. The molecule has 4 aromatic carbocycles. The first-order valence-electron chi connectivity index (χ1n) is 12.4. The Kier molecular flexibility index (Phi) is 6.89. The van der Waals surface area contributed by atoms with E-state index in [1.807, 2.05) is 31.2 Å². The Morgan fingerprint density at radius 1 is 0.857 bits per heavy atom. The van der Waals surface area contributed by atoms with Crippen molar-refractivity contribution in [3.05, 3.63) is 114 Å². The molecule has 4 heteroatoms. The molecule has 0 atom stereocenters. The number of hydrogen-bond donors (Lipinski definition) is 1. The van der Waals surface area contributed by atoms with Gasteiger partial charge in [0.05, 0.1) is 11.0 Å². The van der Waals surface area contributed by atoms with Crippen LogP contribution in [0.5, 0.6) is 0 Å². The van der Waals surface area contributed by atoms with E-state index in [0.29, 0.717) is 6.54 Å². The molecule has 0 unspecified atom stereocenters. The summed E-state index contributed by atoms with van der Waals surface area (Å²) < 4.78 is 2.37. The number of imidazole rings is 1. The number of benzene rings is 4. The zero-order valence-electron chi connectivity index (χ0n) is 20.2. The van der Waals surface area contributed by atoms with Crippen LogP contribution in [0.25, 0.3) is 21.8 Å². The molecule has 1 aromatic heterocycles. The molecule has 0 aliphatic heterocycles. The Hall–Kier alpha value is -3.92. The summed E-state index contributed by atoms with van der Waals surface area (Å²) in [6.45, 7) is 3.51. The number of unbranched alkanes of at least 4 members (excludes halogenated alkanes) is 2. The van der Waals surface area contributed by atoms with Gasteiger partial charge in [-0.1, -0.05) is 78.7 Å². The molecule has 0 radical (unpaired) electrons. The number of nitrogens with zero attached hydrogens (tertiary/aromatic N) is 2. The van der Waals surface area contributed by atoms with Crippen LogP contribution in [-0.2, 0) is 13.0 Å². The maximum Gasteiger partial charge on any atom is 0.251 e. The van der Waals surface area contributed by atoms with Crippen molar-refractivity contribution in [2.45, 2.75) is 39.2 Å². The fourth-order valence-electron chi connectivity index (χ4n) is 4.77. The molecule has 5 rings (SSSR count). The van der Waals surface area contributed by atoms with Gasteiger partial charge in [-0.15, -0.1) is 0 Å². The Labute approximate surface area is 206 Å². The Morgan fingerprint density at radius 3 is 2.57 bits per heavy atom. The molecular weight excluding hydrogens is 430 g/mol. The number of amides is 1. The zero-order valence-corrected chi connectivity index (χ0v) is 20.2. The van der Waals surface area contributed by atoms with Crippen molar-refractivity contribution in [2.24, 2.45) is 0 Å². The minimum absolute atomic E-state index is 0.00517. The number of aryl methyl sites for hydroxylation is 2. The van der Waals surface area contributed by atoms with E-state index in [-0.39, 0.29) is 5.91 Å². The van der Waals surface area contributed by atoms with Gasteiger partial charge in [-0.3, -0.25) is 4.79 Å². The third kappa shape index (κ3) is 5.27. The van der Waals surface area contributed by atoms with Crippen molar-refractivity contribution in [3.63, 3.8) is 0 Å². The largest absolute Gasteiger partial charge is 0.352 e. The maximum atomic E-state index is 12.3. The molecule has 0 aliphatic carbocycles. The third-order valence-electron chi connectivity index (χ3n) is 6.58. The van der Waals surface area contributed by atoms with Crippen molar-refractivity contribution in [3.8, 4) is 0 Å². The lowest BCUT2D eigenvalue weighted by Gasteiger charge is -2.12. The van der Waals surface area contributed by atoms with Crippen LogP contribution in [0.1, 0.15) is 46.6 Å². The highest BCUT2D eigenvalue weighted by atomic mass is 16.1. The molecule has 4 nitrogen and oxygen atoms in total. The zero-order chi connectivity index (χ0) is 24.0. The van der Waals surface area contributed by atoms with Gasteiger partial charge in [0, 0.05) is 25.1 Å². The molecule has 0 spiro atoms. The van der Waals surface area contributed by atoms with Crippen LogP contribution in [0.2, 0.25) is 0 Å². The topological polar surface area (TPSA) is 46.9 Å². The van der Waals surface area contributed by atoms with Gasteiger partial charge in [0.15, 0.2) is 0 Å². The van der Waals surface area contributed by atoms with Crippen LogP contribution in [0.4, 0.5) is 0 Å². The second-order valence-electron chi connectivity index (χ2n) is 9.18. The fourth-order valence-corrected chi connectivity index (χ4v) is 4.77. The van der Waals surface area contributed by atoms with E-state index in [2.05, 4.69) is 76.6 Å². The van der Waals surface area contributed by atoms with E-state index >= 15 is 0 Å². The van der Waals surface area contributed by atoms with Crippen molar-refractivity contribution in [1.82, 2.24) is 14.9 Å². The molecule has 5 aromatic rings. The highest BCUT2D eigenvalue weighted by Crippen LogP contribution is 2.24. The summed E-state index contributed by atoms with van der Waals surface area (Å²) in [7, 11) is 0. The Morgan fingerprint density at radius 2 is 1.66 bits per heavy atom. The summed E-state index contributed by atoms with van der Waals surface area (Å²) in [6.07, 6.45) is 3.97. The molecule has 0 saturated heterocycles. The lowest BCUT2D eigenvalue weighted by atomic mass is 10.0. The second-order valence-corrected chi connectivity index (χ2v) is 9.18. The number of rotatable bonds is 9. The number of para-hydroxylation sites is 2. The number of carbonyl (C=O) groups is 1. The summed E-state index contributed by atoms with van der Waals surface area (Å²) in [5.74, 6) is 1.13. The van der Waals surface area contributed by atoms with Gasteiger partial charge in [-0.05, 0) is 60.4 Å².